The van der Waals surface area contributed by atoms with Crippen LogP contribution in [0.2, 0.25) is 0 Å². The van der Waals surface area contributed by atoms with E-state index in [2.05, 4.69) is 20.1 Å². The molecular formula is C19H18N4O5S. The lowest BCUT2D eigenvalue weighted by atomic mass is 9.89. The van der Waals surface area contributed by atoms with E-state index >= 15 is 0 Å². The maximum Gasteiger partial charge on any atom is 0.294 e. The van der Waals surface area contributed by atoms with Gasteiger partial charge in [0.15, 0.2) is 9.84 Å². The zero-order valence-corrected chi connectivity index (χ0v) is 16.3. The van der Waals surface area contributed by atoms with Gasteiger partial charge in [0.1, 0.15) is 5.54 Å². The Hall–Kier alpha value is -3.40. The lowest BCUT2D eigenvalue weighted by Crippen LogP contribution is -2.16. The summed E-state index contributed by atoms with van der Waals surface area (Å²) >= 11 is 0. The van der Waals surface area contributed by atoms with Crippen molar-refractivity contribution in [3.63, 3.8) is 0 Å². The van der Waals surface area contributed by atoms with Gasteiger partial charge in [-0.1, -0.05) is 24.3 Å². The number of sulfone groups is 1. The van der Waals surface area contributed by atoms with Crippen LogP contribution >= 0.6 is 0 Å². The molecule has 1 atom stereocenters. The van der Waals surface area contributed by atoms with Crippen molar-refractivity contribution in [3.05, 3.63) is 88.3 Å². The average molecular weight is 414 g/mol. The van der Waals surface area contributed by atoms with E-state index < -0.39 is 20.5 Å². The largest absolute Gasteiger partial charge is 0.314 e. The topological polar surface area (TPSA) is 124 Å². The van der Waals surface area contributed by atoms with Gasteiger partial charge in [-0.2, -0.15) is 10.2 Å². The molecular weight excluding hydrogens is 396 g/mol. The summed E-state index contributed by atoms with van der Waals surface area (Å²) in [6.07, 6.45) is 10.1. The number of azo groups is 1. The molecule has 1 unspecified atom stereocenters. The van der Waals surface area contributed by atoms with Gasteiger partial charge in [0.2, 0.25) is 0 Å². The fourth-order valence-corrected chi connectivity index (χ4v) is 3.43. The molecule has 1 aromatic heterocycles. The van der Waals surface area contributed by atoms with E-state index in [9.17, 15) is 18.5 Å². The van der Waals surface area contributed by atoms with Crippen LogP contribution in [0, 0.1) is 10.1 Å². The Morgan fingerprint density at radius 1 is 1.24 bits per heavy atom. The second kappa shape index (κ2) is 8.31. The Bertz CT molecular complexity index is 1080. The lowest BCUT2D eigenvalue weighted by Gasteiger charge is -2.19. The highest BCUT2D eigenvalue weighted by Crippen LogP contribution is 2.39. The summed E-state index contributed by atoms with van der Waals surface area (Å²) in [5.41, 5.74) is 1.15. The molecule has 0 N–H and O–H groups in total. The predicted octanol–water partition coefficient (Wildman–Crippen LogP) is 3.34. The van der Waals surface area contributed by atoms with Crippen LogP contribution in [-0.4, -0.2) is 31.4 Å². The first kappa shape index (κ1) is 20.3. The van der Waals surface area contributed by atoms with E-state index in [1.165, 1.54) is 12.1 Å². The highest BCUT2D eigenvalue weighted by Gasteiger charge is 2.32. The molecule has 9 nitrogen and oxygen atoms in total. The number of nitrogens with zero attached hydrogens (tertiary/aromatic N) is 4. The van der Waals surface area contributed by atoms with E-state index in [0.717, 1.165) is 11.8 Å². The third-order valence-electron chi connectivity index (χ3n) is 4.24. The van der Waals surface area contributed by atoms with Crippen molar-refractivity contribution in [2.45, 2.75) is 16.9 Å². The van der Waals surface area contributed by atoms with Crippen molar-refractivity contribution in [2.24, 2.45) is 10.2 Å². The highest BCUT2D eigenvalue weighted by molar-refractivity contribution is 7.90. The van der Waals surface area contributed by atoms with Gasteiger partial charge in [-0.25, -0.2) is 8.42 Å². The lowest BCUT2D eigenvalue weighted by molar-refractivity contribution is -0.757. The molecule has 29 heavy (non-hydrogen) atoms. The molecule has 150 valence electrons. The molecule has 1 aliphatic heterocycles. The zero-order chi connectivity index (χ0) is 20.9. The van der Waals surface area contributed by atoms with Crippen molar-refractivity contribution in [1.82, 2.24) is 4.98 Å². The van der Waals surface area contributed by atoms with Crippen LogP contribution < -0.4 is 0 Å². The van der Waals surface area contributed by atoms with E-state index in [4.69, 9.17) is 0 Å². The van der Waals surface area contributed by atoms with Crippen LogP contribution in [0.25, 0.3) is 5.70 Å². The molecule has 0 bridgehead atoms. The first-order chi connectivity index (χ1) is 13.8. The van der Waals surface area contributed by atoms with Gasteiger partial charge < -0.3 is 4.84 Å². The van der Waals surface area contributed by atoms with E-state index in [1.54, 1.807) is 42.7 Å². The maximum absolute atomic E-state index is 11.7. The van der Waals surface area contributed by atoms with Crippen molar-refractivity contribution < 1.29 is 18.3 Å². The molecule has 0 amide bonds. The Kier molecular flexibility index (Phi) is 5.83. The number of benzene rings is 1. The summed E-state index contributed by atoms with van der Waals surface area (Å²) in [5.74, 6) is 0. The minimum Gasteiger partial charge on any atom is -0.314 e. The van der Waals surface area contributed by atoms with Crippen molar-refractivity contribution in [3.8, 4) is 0 Å². The summed E-state index contributed by atoms with van der Waals surface area (Å²) in [5, 5.41) is 18.1. The second-order valence-electron chi connectivity index (χ2n) is 6.34. The fourth-order valence-electron chi connectivity index (χ4n) is 2.80. The maximum atomic E-state index is 11.7. The smallest absolute Gasteiger partial charge is 0.294 e. The number of hydrogen-bond donors (Lipinski definition) is 0. The average Bonchev–Trinajstić information content (AvgIpc) is 3.13. The molecule has 0 radical (unpaired) electrons. The quantitative estimate of drug-likeness (QED) is 0.282. The highest BCUT2D eigenvalue weighted by atomic mass is 32.2. The second-order valence-corrected chi connectivity index (χ2v) is 8.36. The summed E-state index contributed by atoms with van der Waals surface area (Å²) in [6, 6.07) is 10.0. The standard InChI is InChI=1S/C19H18N4O5S/c1-29(26,27)17-8-6-16(7-9-17)19(10-2-3-12-28-23(24)25)13-18(21-22-19)15-5-4-11-20-14-15/h2,4-11,13-14H,3,12H2,1H3/b10-2-. The Morgan fingerprint density at radius 3 is 2.62 bits per heavy atom. The molecule has 0 spiro atoms. The predicted molar refractivity (Wildman–Crippen MR) is 105 cm³/mol. The van der Waals surface area contributed by atoms with Gasteiger partial charge in [0.25, 0.3) is 5.09 Å². The Balaban J connectivity index is 1.95. The van der Waals surface area contributed by atoms with Crippen molar-refractivity contribution in [1.29, 1.82) is 0 Å². The third-order valence-corrected chi connectivity index (χ3v) is 5.36. The van der Waals surface area contributed by atoms with Gasteiger partial charge in [0, 0.05) is 24.2 Å². The first-order valence-electron chi connectivity index (χ1n) is 8.62. The normalized spacial score (nSPS) is 18.7. The fraction of sp³-hybridized carbons (Fsp3) is 0.211. The molecule has 3 rings (SSSR count). The minimum atomic E-state index is -3.33. The zero-order valence-electron chi connectivity index (χ0n) is 15.5. The molecule has 2 aromatic rings. The van der Waals surface area contributed by atoms with E-state index in [-0.39, 0.29) is 11.5 Å². The molecule has 0 saturated carbocycles. The van der Waals surface area contributed by atoms with E-state index in [0.29, 0.717) is 17.7 Å². The Morgan fingerprint density at radius 2 is 2.00 bits per heavy atom. The van der Waals surface area contributed by atoms with Gasteiger partial charge in [-0.15, -0.1) is 10.1 Å². The molecule has 2 heterocycles. The van der Waals surface area contributed by atoms with Crippen LogP contribution in [0.4, 0.5) is 0 Å². The van der Waals surface area contributed by atoms with Crippen molar-refractivity contribution >= 4 is 15.5 Å². The van der Waals surface area contributed by atoms with Crippen LogP contribution in [0.15, 0.2) is 82.1 Å². The molecule has 0 fully saturated rings. The summed E-state index contributed by atoms with van der Waals surface area (Å²) < 4.78 is 23.5. The van der Waals surface area contributed by atoms with Crippen LogP contribution in [0.3, 0.4) is 0 Å². The van der Waals surface area contributed by atoms with Gasteiger partial charge in [-0.05, 0) is 42.3 Å². The van der Waals surface area contributed by atoms with Gasteiger partial charge in [-0.3, -0.25) is 4.98 Å². The van der Waals surface area contributed by atoms with Gasteiger partial charge >= 0.3 is 0 Å². The molecule has 1 aliphatic rings. The minimum absolute atomic E-state index is 0.0804. The molecule has 1 aromatic carbocycles. The van der Waals surface area contributed by atoms with Gasteiger partial charge in [0.05, 0.1) is 17.2 Å². The number of rotatable bonds is 8. The van der Waals surface area contributed by atoms with E-state index in [1.807, 2.05) is 12.1 Å². The summed E-state index contributed by atoms with van der Waals surface area (Å²) in [7, 11) is -3.33. The molecule has 10 heteroatoms. The van der Waals surface area contributed by atoms with Crippen LogP contribution in [0.5, 0.6) is 0 Å². The third kappa shape index (κ3) is 4.91. The molecule has 0 saturated heterocycles. The van der Waals surface area contributed by atoms with Crippen molar-refractivity contribution in [2.75, 3.05) is 12.9 Å². The Labute approximate surface area is 167 Å². The first-order valence-corrected chi connectivity index (χ1v) is 10.5. The van der Waals surface area contributed by atoms with Crippen LogP contribution in [-0.2, 0) is 20.2 Å². The number of pyridine rings is 1. The summed E-state index contributed by atoms with van der Waals surface area (Å²) in [4.78, 5) is 18.9. The SMILES string of the molecule is CS(=O)(=O)c1ccc(C2(/C=C\CCO[N+](=O)[O-])C=C(c3cccnc3)N=N2)cc1. The monoisotopic (exact) mass is 414 g/mol. The molecule has 0 aliphatic carbocycles. The number of aromatic nitrogens is 1. The van der Waals surface area contributed by atoms with Crippen LogP contribution in [0.1, 0.15) is 17.5 Å². The summed E-state index contributed by atoms with van der Waals surface area (Å²) in [6.45, 7) is -0.0804. The number of hydrogen-bond acceptors (Lipinski definition) is 8.